The van der Waals surface area contributed by atoms with Crippen LogP contribution >= 0.6 is 0 Å². The quantitative estimate of drug-likeness (QED) is 0.885. The van der Waals surface area contributed by atoms with E-state index in [1.807, 2.05) is 42.5 Å². The Bertz CT molecular complexity index is 759. The Morgan fingerprint density at radius 3 is 2.62 bits per heavy atom. The van der Waals surface area contributed by atoms with Crippen LogP contribution in [0.15, 0.2) is 48.5 Å². The Balaban J connectivity index is 1.50. The first kappa shape index (κ1) is 16.0. The fourth-order valence-corrected chi connectivity index (χ4v) is 2.70. The largest absolute Gasteiger partial charge is 0.489 e. The van der Waals surface area contributed by atoms with Gasteiger partial charge in [-0.2, -0.15) is 5.26 Å². The molecule has 0 aliphatic carbocycles. The molecule has 0 bridgehead atoms. The maximum Gasteiger partial charge on any atom is 0.309 e. The lowest BCUT2D eigenvalue weighted by Crippen LogP contribution is -2.49. The highest BCUT2D eigenvalue weighted by Gasteiger charge is 2.31. The minimum Gasteiger partial charge on any atom is -0.489 e. The number of benzene rings is 2. The molecule has 0 atom stereocenters. The number of hydrogen-bond donors (Lipinski definition) is 1. The summed E-state index contributed by atoms with van der Waals surface area (Å²) in [4.78, 5) is 12.9. The fraction of sp³-hybridized carbons (Fsp3) is 0.263. The number of likely N-dealkylation sites (tertiary alicyclic amines) is 1. The summed E-state index contributed by atoms with van der Waals surface area (Å²) in [5.74, 6) is -0.166. The number of rotatable bonds is 6. The van der Waals surface area contributed by atoms with Crippen molar-refractivity contribution in [2.45, 2.75) is 13.2 Å². The zero-order valence-corrected chi connectivity index (χ0v) is 13.2. The smallest absolute Gasteiger partial charge is 0.309 e. The molecule has 0 amide bonds. The molecule has 0 aromatic heterocycles. The van der Waals surface area contributed by atoms with Crippen LogP contribution < -0.4 is 4.74 Å². The van der Waals surface area contributed by atoms with Crippen LogP contribution in [0.2, 0.25) is 0 Å². The SMILES string of the molecule is N#Cc1cccc(COc2ccc(CN3CC(C(=O)O)C3)cc2)c1. The highest BCUT2D eigenvalue weighted by Crippen LogP contribution is 2.20. The van der Waals surface area contributed by atoms with Crippen molar-refractivity contribution in [3.63, 3.8) is 0 Å². The van der Waals surface area contributed by atoms with Gasteiger partial charge in [-0.3, -0.25) is 9.69 Å². The molecule has 1 saturated heterocycles. The van der Waals surface area contributed by atoms with E-state index in [9.17, 15) is 4.79 Å². The molecular weight excluding hydrogens is 304 g/mol. The highest BCUT2D eigenvalue weighted by molar-refractivity contribution is 5.71. The summed E-state index contributed by atoms with van der Waals surface area (Å²) in [7, 11) is 0. The Kier molecular flexibility index (Phi) is 4.78. The third kappa shape index (κ3) is 3.92. The van der Waals surface area contributed by atoms with Gasteiger partial charge in [-0.25, -0.2) is 0 Å². The van der Waals surface area contributed by atoms with Gasteiger partial charge in [0.25, 0.3) is 0 Å². The third-order valence-electron chi connectivity index (χ3n) is 4.10. The van der Waals surface area contributed by atoms with Crippen LogP contribution in [0.3, 0.4) is 0 Å². The molecule has 0 radical (unpaired) electrons. The summed E-state index contributed by atoms with van der Waals surface area (Å²) in [5.41, 5.74) is 2.72. The van der Waals surface area contributed by atoms with E-state index < -0.39 is 5.97 Å². The van der Waals surface area contributed by atoms with Gasteiger partial charge in [-0.1, -0.05) is 24.3 Å². The summed E-state index contributed by atoms with van der Waals surface area (Å²) >= 11 is 0. The van der Waals surface area contributed by atoms with Gasteiger partial charge in [0.1, 0.15) is 12.4 Å². The number of carboxylic acid groups (broad SMARTS) is 1. The van der Waals surface area contributed by atoms with Crippen LogP contribution in [-0.2, 0) is 17.9 Å². The average molecular weight is 322 g/mol. The molecule has 1 fully saturated rings. The number of aliphatic carboxylic acids is 1. The summed E-state index contributed by atoms with van der Waals surface area (Å²) in [6.45, 7) is 2.40. The lowest BCUT2D eigenvalue weighted by Gasteiger charge is -2.36. The zero-order valence-electron chi connectivity index (χ0n) is 13.2. The van der Waals surface area contributed by atoms with E-state index in [1.165, 1.54) is 0 Å². The summed E-state index contributed by atoms with van der Waals surface area (Å²) < 4.78 is 5.74. The van der Waals surface area contributed by atoms with Gasteiger partial charge < -0.3 is 9.84 Å². The Labute approximate surface area is 140 Å². The van der Waals surface area contributed by atoms with Gasteiger partial charge in [-0.05, 0) is 35.4 Å². The average Bonchev–Trinajstić information content (AvgIpc) is 2.56. The second-order valence-corrected chi connectivity index (χ2v) is 5.97. The lowest BCUT2D eigenvalue weighted by molar-refractivity contribution is -0.147. The van der Waals surface area contributed by atoms with Crippen molar-refractivity contribution in [1.29, 1.82) is 5.26 Å². The van der Waals surface area contributed by atoms with Crippen LogP contribution in [0.25, 0.3) is 0 Å². The van der Waals surface area contributed by atoms with Crippen LogP contribution in [0, 0.1) is 17.2 Å². The minimum absolute atomic E-state index is 0.225. The Morgan fingerprint density at radius 2 is 1.96 bits per heavy atom. The predicted octanol–water partition coefficient (Wildman–Crippen LogP) is 2.65. The highest BCUT2D eigenvalue weighted by atomic mass is 16.5. The monoisotopic (exact) mass is 322 g/mol. The molecule has 0 saturated carbocycles. The molecule has 1 aliphatic heterocycles. The first-order valence-electron chi connectivity index (χ1n) is 7.80. The molecule has 0 unspecified atom stereocenters. The molecule has 122 valence electrons. The van der Waals surface area contributed by atoms with E-state index in [1.54, 1.807) is 6.07 Å². The van der Waals surface area contributed by atoms with E-state index in [2.05, 4.69) is 11.0 Å². The second-order valence-electron chi connectivity index (χ2n) is 5.97. The maximum absolute atomic E-state index is 10.8. The van der Waals surface area contributed by atoms with Gasteiger partial charge in [0.05, 0.1) is 17.6 Å². The Morgan fingerprint density at radius 1 is 1.21 bits per heavy atom. The summed E-state index contributed by atoms with van der Waals surface area (Å²) in [6.07, 6.45) is 0. The molecule has 2 aromatic carbocycles. The number of hydrogen-bond acceptors (Lipinski definition) is 4. The molecule has 2 aromatic rings. The molecule has 24 heavy (non-hydrogen) atoms. The fourth-order valence-electron chi connectivity index (χ4n) is 2.70. The van der Waals surface area contributed by atoms with E-state index >= 15 is 0 Å². The summed E-state index contributed by atoms with van der Waals surface area (Å²) in [5, 5.41) is 17.8. The number of carbonyl (C=O) groups is 1. The van der Waals surface area contributed by atoms with Gasteiger partial charge >= 0.3 is 5.97 Å². The number of nitrogens with zero attached hydrogens (tertiary/aromatic N) is 2. The van der Waals surface area contributed by atoms with E-state index in [-0.39, 0.29) is 5.92 Å². The van der Waals surface area contributed by atoms with Gasteiger partial charge in [0, 0.05) is 19.6 Å². The summed E-state index contributed by atoms with van der Waals surface area (Å²) in [6, 6.07) is 17.3. The van der Waals surface area contributed by atoms with Crippen LogP contribution in [0.1, 0.15) is 16.7 Å². The topological polar surface area (TPSA) is 73.6 Å². The van der Waals surface area contributed by atoms with Crippen molar-refractivity contribution in [1.82, 2.24) is 4.90 Å². The standard InChI is InChI=1S/C19H18N2O3/c20-9-15-2-1-3-16(8-15)13-24-18-6-4-14(5-7-18)10-21-11-17(12-21)19(22)23/h1-8,17H,10-13H2,(H,22,23). The van der Waals surface area contributed by atoms with Crippen molar-refractivity contribution in [2.24, 2.45) is 5.92 Å². The molecule has 1 N–H and O–H groups in total. The van der Waals surface area contributed by atoms with Gasteiger partial charge in [0.2, 0.25) is 0 Å². The van der Waals surface area contributed by atoms with Crippen LogP contribution in [-0.4, -0.2) is 29.1 Å². The molecule has 5 nitrogen and oxygen atoms in total. The van der Waals surface area contributed by atoms with Crippen molar-refractivity contribution < 1.29 is 14.6 Å². The normalized spacial score (nSPS) is 14.6. The maximum atomic E-state index is 10.8. The second kappa shape index (κ2) is 7.16. The molecule has 1 heterocycles. The molecule has 0 spiro atoms. The number of nitriles is 1. The van der Waals surface area contributed by atoms with E-state index in [0.717, 1.165) is 23.4 Å². The molecular formula is C19H18N2O3. The van der Waals surface area contributed by atoms with Gasteiger partial charge in [0.15, 0.2) is 0 Å². The predicted molar refractivity (Wildman–Crippen MR) is 88.3 cm³/mol. The zero-order chi connectivity index (χ0) is 16.9. The molecule has 3 rings (SSSR count). The van der Waals surface area contributed by atoms with E-state index in [0.29, 0.717) is 25.3 Å². The van der Waals surface area contributed by atoms with Crippen molar-refractivity contribution in [3.05, 3.63) is 65.2 Å². The Hall–Kier alpha value is -2.84. The van der Waals surface area contributed by atoms with Crippen molar-refractivity contribution in [3.8, 4) is 11.8 Å². The third-order valence-corrected chi connectivity index (χ3v) is 4.10. The van der Waals surface area contributed by atoms with Crippen LogP contribution in [0.4, 0.5) is 0 Å². The number of ether oxygens (including phenoxy) is 1. The lowest BCUT2D eigenvalue weighted by atomic mass is 10.00. The number of carboxylic acids is 1. The first-order valence-corrected chi connectivity index (χ1v) is 7.80. The molecule has 1 aliphatic rings. The van der Waals surface area contributed by atoms with E-state index in [4.69, 9.17) is 15.1 Å². The molecule has 5 heteroatoms. The van der Waals surface area contributed by atoms with Gasteiger partial charge in [-0.15, -0.1) is 0 Å². The van der Waals surface area contributed by atoms with Crippen molar-refractivity contribution >= 4 is 5.97 Å². The minimum atomic E-state index is -0.713. The first-order chi connectivity index (χ1) is 11.6. The van der Waals surface area contributed by atoms with Crippen molar-refractivity contribution in [2.75, 3.05) is 13.1 Å². The van der Waals surface area contributed by atoms with Crippen LogP contribution in [0.5, 0.6) is 5.75 Å².